The highest BCUT2D eigenvalue weighted by atomic mass is 31.2. The standard InChI is InChI=1S/C20H17N2O6P.C6H15N/c23-19(14-8-3-1-4-9-14)21-16-12-7-13-17(18(16)28-29(25,26)27)22-20(24)15-10-5-2-6-11-15;1-4-7(5-2)6-3/h1-13H,(H,21,23)(H,22,24)(H2,25,26,27);4-6H2,1-3H3. The lowest BCUT2D eigenvalue weighted by Crippen LogP contribution is -3.11. The van der Waals surface area contributed by atoms with Gasteiger partial charge in [0.15, 0.2) is 5.75 Å². The predicted molar refractivity (Wildman–Crippen MR) is 138 cm³/mol. The molecule has 36 heavy (non-hydrogen) atoms. The Morgan fingerprint density at radius 3 is 1.47 bits per heavy atom. The SMILES string of the molecule is CC[NH+](CC)CC.O=C(Nc1cccc(NC(=O)c2ccccc2)c1OP(=O)([O-])O)c1ccccc1. The molecule has 3 aromatic carbocycles. The van der Waals surface area contributed by atoms with Crippen LogP contribution in [0.5, 0.6) is 5.75 Å². The van der Waals surface area contributed by atoms with Gasteiger partial charge in [-0.3, -0.25) is 14.2 Å². The van der Waals surface area contributed by atoms with Crippen molar-refractivity contribution in [2.75, 3.05) is 30.3 Å². The van der Waals surface area contributed by atoms with E-state index in [2.05, 4.69) is 35.9 Å². The maximum absolute atomic E-state index is 12.4. The van der Waals surface area contributed by atoms with Crippen LogP contribution < -0.4 is 25.0 Å². The number of amides is 2. The molecular weight excluding hydrogens is 481 g/mol. The Balaban J connectivity index is 0.000000572. The zero-order valence-corrected chi connectivity index (χ0v) is 21.5. The van der Waals surface area contributed by atoms with Crippen molar-refractivity contribution < 1.29 is 33.4 Å². The van der Waals surface area contributed by atoms with Crippen molar-refractivity contribution in [3.05, 3.63) is 90.0 Å². The van der Waals surface area contributed by atoms with E-state index in [1.165, 1.54) is 37.8 Å². The zero-order valence-electron chi connectivity index (χ0n) is 20.6. The summed E-state index contributed by atoms with van der Waals surface area (Å²) in [6, 6.07) is 20.7. The number of phosphoric acid groups is 1. The summed E-state index contributed by atoms with van der Waals surface area (Å²) >= 11 is 0. The Bertz CT molecular complexity index is 1090. The molecule has 0 heterocycles. The molecule has 0 aliphatic heterocycles. The number of carbonyl (C=O) groups excluding carboxylic acids is 2. The maximum Gasteiger partial charge on any atom is 0.317 e. The van der Waals surface area contributed by atoms with E-state index in [4.69, 9.17) is 0 Å². The second-order valence-electron chi connectivity index (χ2n) is 7.69. The molecule has 4 N–H and O–H groups in total. The van der Waals surface area contributed by atoms with Gasteiger partial charge in [-0.2, -0.15) is 0 Å². The molecule has 192 valence electrons. The summed E-state index contributed by atoms with van der Waals surface area (Å²) in [7, 11) is -5.22. The van der Waals surface area contributed by atoms with E-state index in [1.54, 1.807) is 65.6 Å². The lowest BCUT2D eigenvalue weighted by Gasteiger charge is -2.22. The molecule has 9 nitrogen and oxygen atoms in total. The number of benzene rings is 3. The van der Waals surface area contributed by atoms with Crippen molar-refractivity contribution in [3.8, 4) is 5.75 Å². The molecule has 0 fully saturated rings. The monoisotopic (exact) mass is 513 g/mol. The second kappa shape index (κ2) is 14.2. The summed E-state index contributed by atoms with van der Waals surface area (Å²) in [6.07, 6.45) is 0. The third kappa shape index (κ3) is 9.28. The molecule has 1 atom stereocenters. The lowest BCUT2D eigenvalue weighted by atomic mass is 10.2. The number of phosphoric ester groups is 1. The second-order valence-corrected chi connectivity index (χ2v) is 8.81. The fourth-order valence-corrected chi connectivity index (χ4v) is 3.69. The molecule has 0 aliphatic rings. The fourth-order valence-electron chi connectivity index (χ4n) is 3.27. The van der Waals surface area contributed by atoms with Gasteiger partial charge >= 0.3 is 7.82 Å². The highest BCUT2D eigenvalue weighted by Crippen LogP contribution is 2.43. The van der Waals surface area contributed by atoms with Gasteiger partial charge in [0.1, 0.15) is 0 Å². The first-order valence-electron chi connectivity index (χ1n) is 11.6. The number of nitrogens with one attached hydrogen (secondary N) is 3. The molecule has 0 radical (unpaired) electrons. The molecule has 0 aromatic heterocycles. The molecular formula is C26H32N3O6P. The van der Waals surface area contributed by atoms with E-state index in [-0.39, 0.29) is 11.4 Å². The van der Waals surface area contributed by atoms with E-state index in [9.17, 15) is 23.9 Å². The van der Waals surface area contributed by atoms with Crippen LogP contribution >= 0.6 is 7.82 Å². The average molecular weight is 514 g/mol. The minimum absolute atomic E-state index is 0.0464. The quantitative estimate of drug-likeness (QED) is 0.325. The summed E-state index contributed by atoms with van der Waals surface area (Å²) in [5.74, 6) is -1.47. The lowest BCUT2D eigenvalue weighted by molar-refractivity contribution is -0.894. The van der Waals surface area contributed by atoms with Gasteiger partial charge in [-0.1, -0.05) is 42.5 Å². The topological polar surface area (TPSA) is 132 Å². The number of carbonyl (C=O) groups is 2. The number of anilines is 2. The normalized spacial score (nSPS) is 12.1. The van der Waals surface area contributed by atoms with E-state index in [1.807, 2.05) is 0 Å². The van der Waals surface area contributed by atoms with E-state index >= 15 is 0 Å². The van der Waals surface area contributed by atoms with Gasteiger partial charge in [0.25, 0.3) is 11.8 Å². The molecule has 1 unspecified atom stereocenters. The van der Waals surface area contributed by atoms with Gasteiger partial charge in [0, 0.05) is 11.1 Å². The fraction of sp³-hybridized carbons (Fsp3) is 0.231. The highest BCUT2D eigenvalue weighted by Gasteiger charge is 2.19. The number of para-hydroxylation sites is 1. The highest BCUT2D eigenvalue weighted by molar-refractivity contribution is 7.45. The number of hydrogen-bond acceptors (Lipinski definition) is 5. The van der Waals surface area contributed by atoms with Crippen LogP contribution in [0.1, 0.15) is 41.5 Å². The van der Waals surface area contributed by atoms with E-state index in [0.29, 0.717) is 11.1 Å². The Hall–Kier alpha value is -3.49. The number of quaternary nitrogens is 1. The average Bonchev–Trinajstić information content (AvgIpc) is 2.87. The van der Waals surface area contributed by atoms with Crippen LogP contribution in [-0.2, 0) is 4.57 Å². The van der Waals surface area contributed by atoms with Gasteiger partial charge in [-0.15, -0.1) is 0 Å². The van der Waals surface area contributed by atoms with Crippen LogP contribution in [0.4, 0.5) is 11.4 Å². The van der Waals surface area contributed by atoms with Crippen LogP contribution in [0, 0.1) is 0 Å². The molecule has 0 spiro atoms. The van der Waals surface area contributed by atoms with Gasteiger partial charge in [-0.25, -0.2) is 0 Å². The first kappa shape index (κ1) is 28.7. The summed E-state index contributed by atoms with van der Waals surface area (Å²) < 4.78 is 16.0. The molecule has 10 heteroatoms. The van der Waals surface area contributed by atoms with Crippen molar-refractivity contribution in [3.63, 3.8) is 0 Å². The van der Waals surface area contributed by atoms with Crippen LogP contribution in [0.15, 0.2) is 78.9 Å². The Labute approximate surface area is 211 Å². The first-order chi connectivity index (χ1) is 17.2. The summed E-state index contributed by atoms with van der Waals surface area (Å²) in [5, 5.41) is 5.03. The third-order valence-electron chi connectivity index (χ3n) is 5.29. The van der Waals surface area contributed by atoms with Gasteiger partial charge in [-0.05, 0) is 57.2 Å². The van der Waals surface area contributed by atoms with E-state index < -0.39 is 25.4 Å². The first-order valence-corrected chi connectivity index (χ1v) is 13.1. The molecule has 0 bridgehead atoms. The molecule has 3 rings (SSSR count). The summed E-state index contributed by atoms with van der Waals surface area (Å²) in [5.41, 5.74) is 0.558. The summed E-state index contributed by atoms with van der Waals surface area (Å²) in [4.78, 5) is 47.1. The van der Waals surface area contributed by atoms with Crippen molar-refractivity contribution in [2.24, 2.45) is 0 Å². The van der Waals surface area contributed by atoms with Crippen molar-refractivity contribution in [1.82, 2.24) is 0 Å². The van der Waals surface area contributed by atoms with E-state index in [0.717, 1.165) is 0 Å². The van der Waals surface area contributed by atoms with Crippen molar-refractivity contribution in [2.45, 2.75) is 20.8 Å². The predicted octanol–water partition coefficient (Wildman–Crippen LogP) is 2.96. The van der Waals surface area contributed by atoms with Gasteiger partial charge in [0.05, 0.1) is 31.0 Å². The maximum atomic E-state index is 12.4. The van der Waals surface area contributed by atoms with Gasteiger partial charge in [0.2, 0.25) is 0 Å². The van der Waals surface area contributed by atoms with Crippen LogP contribution in [0.25, 0.3) is 0 Å². The van der Waals surface area contributed by atoms with Gasteiger partial charge < -0.3 is 29.8 Å². The summed E-state index contributed by atoms with van der Waals surface area (Å²) in [6.45, 7) is 10.5. The zero-order chi connectivity index (χ0) is 26.6. The Kier molecular flexibility index (Phi) is 11.3. The van der Waals surface area contributed by atoms with Crippen LogP contribution in [0.2, 0.25) is 0 Å². The van der Waals surface area contributed by atoms with Crippen LogP contribution in [0.3, 0.4) is 0 Å². The Morgan fingerprint density at radius 1 is 0.778 bits per heavy atom. The van der Waals surface area contributed by atoms with Crippen molar-refractivity contribution >= 4 is 31.0 Å². The molecule has 2 amide bonds. The molecule has 0 saturated heterocycles. The number of hydrogen-bond donors (Lipinski definition) is 4. The van der Waals surface area contributed by atoms with Crippen LogP contribution in [-0.4, -0.2) is 36.3 Å². The molecule has 3 aromatic rings. The molecule has 0 saturated carbocycles. The number of rotatable bonds is 9. The molecule has 0 aliphatic carbocycles. The smallest absolute Gasteiger partial charge is 0.317 e. The Morgan fingerprint density at radius 2 is 1.17 bits per heavy atom. The van der Waals surface area contributed by atoms with Crippen molar-refractivity contribution in [1.29, 1.82) is 0 Å². The minimum atomic E-state index is -5.22. The minimum Gasteiger partial charge on any atom is -0.746 e. The third-order valence-corrected chi connectivity index (χ3v) is 5.70. The largest absolute Gasteiger partial charge is 0.746 e.